The number of urea groups is 1. The van der Waals surface area contributed by atoms with E-state index in [0.717, 1.165) is 27.7 Å². The number of carbonyl (C=O) groups excluding carboxylic acids is 1. The second kappa shape index (κ2) is 7.30. The molecular formula is C19H17Cl2N3O. The standard InChI is InChI=1S/C19H17Cl2N3O/c1-11-4-3-5-17-12(2)6-16(23-18(11)17)10-22-19(25)24-15-8-13(20)7-14(21)9-15/h3-9H,10H2,1-2H3,(H2,22,24,25). The zero-order valence-electron chi connectivity index (χ0n) is 13.9. The number of amides is 2. The Balaban J connectivity index is 1.72. The number of rotatable bonds is 3. The maximum atomic E-state index is 12.1. The van der Waals surface area contributed by atoms with Crippen LogP contribution in [-0.2, 0) is 6.54 Å². The van der Waals surface area contributed by atoms with Gasteiger partial charge in [0.25, 0.3) is 0 Å². The van der Waals surface area contributed by atoms with Gasteiger partial charge < -0.3 is 10.6 Å². The molecule has 3 rings (SSSR count). The Bertz CT molecular complexity index is 937. The van der Waals surface area contributed by atoms with E-state index in [0.29, 0.717) is 22.3 Å². The molecule has 2 N–H and O–H groups in total. The number of aromatic nitrogens is 1. The Morgan fingerprint density at radius 2 is 1.76 bits per heavy atom. The van der Waals surface area contributed by atoms with E-state index in [-0.39, 0.29) is 6.03 Å². The fourth-order valence-corrected chi connectivity index (χ4v) is 3.22. The number of pyridine rings is 1. The van der Waals surface area contributed by atoms with Gasteiger partial charge in [-0.05, 0) is 49.2 Å². The maximum Gasteiger partial charge on any atom is 0.319 e. The third-order valence-electron chi connectivity index (χ3n) is 3.85. The Morgan fingerprint density at radius 1 is 1.04 bits per heavy atom. The zero-order valence-corrected chi connectivity index (χ0v) is 15.4. The number of nitrogens with one attached hydrogen (secondary N) is 2. The molecule has 6 heteroatoms. The fourth-order valence-electron chi connectivity index (χ4n) is 2.69. The van der Waals surface area contributed by atoms with Crippen molar-refractivity contribution in [1.29, 1.82) is 0 Å². The molecule has 0 aliphatic carbocycles. The summed E-state index contributed by atoms with van der Waals surface area (Å²) in [5, 5.41) is 7.56. The Morgan fingerprint density at radius 3 is 2.48 bits per heavy atom. The highest BCUT2D eigenvalue weighted by Gasteiger charge is 2.07. The highest BCUT2D eigenvalue weighted by atomic mass is 35.5. The van der Waals surface area contributed by atoms with Crippen molar-refractivity contribution in [2.45, 2.75) is 20.4 Å². The molecular weight excluding hydrogens is 357 g/mol. The molecule has 0 unspecified atom stereocenters. The first-order valence-corrected chi connectivity index (χ1v) is 8.55. The second-order valence-corrected chi connectivity index (χ2v) is 6.74. The maximum absolute atomic E-state index is 12.1. The van der Waals surface area contributed by atoms with Crippen LogP contribution in [-0.4, -0.2) is 11.0 Å². The van der Waals surface area contributed by atoms with Crippen LogP contribution in [0.4, 0.5) is 10.5 Å². The molecule has 0 radical (unpaired) electrons. The summed E-state index contributed by atoms with van der Waals surface area (Å²) in [5.74, 6) is 0. The first kappa shape index (κ1) is 17.5. The number of anilines is 1. The van der Waals surface area contributed by atoms with Gasteiger partial charge in [-0.1, -0.05) is 41.4 Å². The molecule has 128 valence electrons. The van der Waals surface area contributed by atoms with Crippen molar-refractivity contribution in [3.8, 4) is 0 Å². The van der Waals surface area contributed by atoms with Crippen LogP contribution in [0, 0.1) is 13.8 Å². The predicted molar refractivity (Wildman–Crippen MR) is 104 cm³/mol. The van der Waals surface area contributed by atoms with E-state index in [1.54, 1.807) is 18.2 Å². The number of hydrogen-bond acceptors (Lipinski definition) is 2. The average molecular weight is 374 g/mol. The van der Waals surface area contributed by atoms with Crippen molar-refractivity contribution >= 4 is 45.8 Å². The Labute approximate surface area is 156 Å². The summed E-state index contributed by atoms with van der Waals surface area (Å²) in [7, 11) is 0. The van der Waals surface area contributed by atoms with E-state index in [1.807, 2.05) is 32.0 Å². The molecule has 25 heavy (non-hydrogen) atoms. The van der Waals surface area contributed by atoms with E-state index in [2.05, 4.69) is 21.7 Å². The van der Waals surface area contributed by atoms with Gasteiger partial charge in [0.2, 0.25) is 0 Å². The quantitative estimate of drug-likeness (QED) is 0.638. The van der Waals surface area contributed by atoms with E-state index >= 15 is 0 Å². The summed E-state index contributed by atoms with van der Waals surface area (Å²) in [4.78, 5) is 16.7. The lowest BCUT2D eigenvalue weighted by atomic mass is 10.1. The third kappa shape index (κ3) is 4.21. The van der Waals surface area contributed by atoms with E-state index in [9.17, 15) is 4.79 Å². The van der Waals surface area contributed by atoms with Gasteiger partial charge in [0.1, 0.15) is 0 Å². The molecule has 1 heterocycles. The summed E-state index contributed by atoms with van der Waals surface area (Å²) in [5.41, 5.74) is 4.54. The average Bonchev–Trinajstić information content (AvgIpc) is 2.53. The topological polar surface area (TPSA) is 54.0 Å². The minimum Gasteiger partial charge on any atom is -0.332 e. The predicted octanol–water partition coefficient (Wildman–Crippen LogP) is 5.48. The van der Waals surface area contributed by atoms with Crippen molar-refractivity contribution in [3.63, 3.8) is 0 Å². The number of fused-ring (bicyclic) bond motifs is 1. The molecule has 0 saturated carbocycles. The van der Waals surface area contributed by atoms with Gasteiger partial charge in [0, 0.05) is 21.1 Å². The molecule has 0 spiro atoms. The number of carbonyl (C=O) groups is 1. The summed E-state index contributed by atoms with van der Waals surface area (Å²) < 4.78 is 0. The molecule has 4 nitrogen and oxygen atoms in total. The summed E-state index contributed by atoms with van der Waals surface area (Å²) >= 11 is 11.9. The van der Waals surface area contributed by atoms with Crippen LogP contribution < -0.4 is 10.6 Å². The van der Waals surface area contributed by atoms with Gasteiger partial charge in [-0.2, -0.15) is 0 Å². The summed E-state index contributed by atoms with van der Waals surface area (Å²) in [6, 6.07) is 12.6. The number of hydrogen-bond donors (Lipinski definition) is 2. The van der Waals surface area contributed by atoms with Gasteiger partial charge in [-0.25, -0.2) is 4.79 Å². The molecule has 0 fully saturated rings. The molecule has 0 atom stereocenters. The van der Waals surface area contributed by atoms with Gasteiger partial charge >= 0.3 is 6.03 Å². The van der Waals surface area contributed by atoms with Crippen LogP contribution in [0.2, 0.25) is 10.0 Å². The highest BCUT2D eigenvalue weighted by Crippen LogP contribution is 2.23. The van der Waals surface area contributed by atoms with Crippen LogP contribution in [0.25, 0.3) is 10.9 Å². The Hall–Kier alpha value is -2.30. The molecule has 0 aliphatic heterocycles. The fraction of sp³-hybridized carbons (Fsp3) is 0.158. The number of para-hydroxylation sites is 1. The van der Waals surface area contributed by atoms with Crippen molar-refractivity contribution in [1.82, 2.24) is 10.3 Å². The van der Waals surface area contributed by atoms with Crippen LogP contribution in [0.5, 0.6) is 0 Å². The zero-order chi connectivity index (χ0) is 18.0. The number of halogens is 2. The van der Waals surface area contributed by atoms with Crippen LogP contribution in [0.3, 0.4) is 0 Å². The van der Waals surface area contributed by atoms with E-state index in [1.165, 1.54) is 0 Å². The molecule has 2 amide bonds. The Kier molecular flexibility index (Phi) is 5.11. The van der Waals surface area contributed by atoms with Gasteiger partial charge in [-0.15, -0.1) is 0 Å². The van der Waals surface area contributed by atoms with Gasteiger partial charge in [0.15, 0.2) is 0 Å². The van der Waals surface area contributed by atoms with Gasteiger partial charge in [-0.3, -0.25) is 4.98 Å². The van der Waals surface area contributed by atoms with Crippen molar-refractivity contribution in [2.75, 3.05) is 5.32 Å². The van der Waals surface area contributed by atoms with Crippen LogP contribution >= 0.6 is 23.2 Å². The van der Waals surface area contributed by atoms with E-state index in [4.69, 9.17) is 23.2 Å². The lowest BCUT2D eigenvalue weighted by molar-refractivity contribution is 0.251. The molecule has 1 aromatic heterocycles. The lowest BCUT2D eigenvalue weighted by Gasteiger charge is -2.11. The summed E-state index contributed by atoms with van der Waals surface area (Å²) in [6.07, 6.45) is 0. The minimum atomic E-state index is -0.345. The first-order chi connectivity index (χ1) is 11.9. The number of nitrogens with zero attached hydrogens (tertiary/aromatic N) is 1. The summed E-state index contributed by atoms with van der Waals surface area (Å²) in [6.45, 7) is 4.40. The molecule has 0 bridgehead atoms. The van der Waals surface area contributed by atoms with Crippen molar-refractivity contribution < 1.29 is 4.79 Å². The monoisotopic (exact) mass is 373 g/mol. The second-order valence-electron chi connectivity index (χ2n) is 5.87. The van der Waals surface area contributed by atoms with Gasteiger partial charge in [0.05, 0.1) is 17.8 Å². The minimum absolute atomic E-state index is 0.325. The SMILES string of the molecule is Cc1cc(CNC(=O)Nc2cc(Cl)cc(Cl)c2)nc2c(C)cccc12. The van der Waals surface area contributed by atoms with Crippen molar-refractivity contribution in [3.05, 3.63) is 69.3 Å². The molecule has 0 saturated heterocycles. The molecule has 2 aromatic carbocycles. The first-order valence-electron chi connectivity index (χ1n) is 7.79. The number of benzene rings is 2. The third-order valence-corrected chi connectivity index (χ3v) is 4.29. The van der Waals surface area contributed by atoms with Crippen LogP contribution in [0.1, 0.15) is 16.8 Å². The largest absolute Gasteiger partial charge is 0.332 e. The normalized spacial score (nSPS) is 10.7. The van der Waals surface area contributed by atoms with Crippen molar-refractivity contribution in [2.24, 2.45) is 0 Å². The molecule has 0 aliphatic rings. The molecule has 3 aromatic rings. The lowest BCUT2D eigenvalue weighted by Crippen LogP contribution is -2.28. The van der Waals surface area contributed by atoms with E-state index < -0.39 is 0 Å². The van der Waals surface area contributed by atoms with Crippen LogP contribution in [0.15, 0.2) is 42.5 Å². The number of aryl methyl sites for hydroxylation is 2. The highest BCUT2D eigenvalue weighted by molar-refractivity contribution is 6.35. The smallest absolute Gasteiger partial charge is 0.319 e.